The highest BCUT2D eigenvalue weighted by Crippen LogP contribution is 2.27. The molecular weight excluding hydrogens is 155 g/mol. The lowest BCUT2D eigenvalue weighted by atomic mass is 9.96. The minimum Gasteiger partial charge on any atom is -0.398 e. The van der Waals surface area contributed by atoms with Crippen LogP contribution in [0.5, 0.6) is 0 Å². The van der Waals surface area contributed by atoms with Crippen LogP contribution in [0.2, 0.25) is 0 Å². The van der Waals surface area contributed by atoms with Crippen molar-refractivity contribution < 1.29 is 4.39 Å². The largest absolute Gasteiger partial charge is 0.398 e. The van der Waals surface area contributed by atoms with Crippen LogP contribution >= 0.6 is 0 Å². The van der Waals surface area contributed by atoms with Gasteiger partial charge in [-0.05, 0) is 30.7 Å². The maximum absolute atomic E-state index is 12.6. The molecule has 1 aliphatic heterocycles. The Labute approximate surface area is 70.6 Å². The second-order valence-corrected chi connectivity index (χ2v) is 3.07. The van der Waals surface area contributed by atoms with E-state index in [2.05, 4.69) is 5.32 Å². The van der Waals surface area contributed by atoms with Gasteiger partial charge in [0.15, 0.2) is 0 Å². The van der Waals surface area contributed by atoms with Crippen LogP contribution in [0.3, 0.4) is 0 Å². The minimum atomic E-state index is -0.268. The standard InChI is InChI=1S/C9H11FN2/c10-6-1-2-7(8(11)5-6)9-3-4-12-9/h1-2,5,9,12H,3-4,11H2/t9-/m0/s1. The summed E-state index contributed by atoms with van der Waals surface area (Å²) in [5, 5.41) is 3.22. The highest BCUT2D eigenvalue weighted by molar-refractivity contribution is 5.49. The van der Waals surface area contributed by atoms with Crippen molar-refractivity contribution in [3.63, 3.8) is 0 Å². The predicted octanol–water partition coefficient (Wildman–Crippen LogP) is 1.44. The Hall–Kier alpha value is -1.09. The summed E-state index contributed by atoms with van der Waals surface area (Å²) >= 11 is 0. The Balaban J connectivity index is 2.31. The topological polar surface area (TPSA) is 38.0 Å². The van der Waals surface area contributed by atoms with E-state index in [1.807, 2.05) is 0 Å². The number of hydrogen-bond acceptors (Lipinski definition) is 2. The molecule has 2 rings (SSSR count). The van der Waals surface area contributed by atoms with Crippen molar-refractivity contribution in [2.24, 2.45) is 0 Å². The minimum absolute atomic E-state index is 0.268. The number of halogens is 1. The third-order valence-corrected chi connectivity index (χ3v) is 2.25. The molecule has 0 amide bonds. The number of nitrogen functional groups attached to an aromatic ring is 1. The van der Waals surface area contributed by atoms with E-state index in [9.17, 15) is 4.39 Å². The van der Waals surface area contributed by atoms with E-state index in [0.29, 0.717) is 11.7 Å². The Kier molecular flexibility index (Phi) is 1.73. The molecule has 1 heterocycles. The van der Waals surface area contributed by atoms with Gasteiger partial charge in [-0.15, -0.1) is 0 Å². The summed E-state index contributed by atoms with van der Waals surface area (Å²) in [6.45, 7) is 1.03. The van der Waals surface area contributed by atoms with Gasteiger partial charge in [-0.25, -0.2) is 4.39 Å². The number of rotatable bonds is 1. The Bertz CT molecular complexity index is 295. The molecule has 1 saturated heterocycles. The maximum Gasteiger partial charge on any atom is 0.125 e. The lowest BCUT2D eigenvalue weighted by Gasteiger charge is -2.28. The van der Waals surface area contributed by atoms with Crippen LogP contribution in [0, 0.1) is 5.82 Å². The van der Waals surface area contributed by atoms with Crippen LogP contribution in [-0.4, -0.2) is 6.54 Å². The summed E-state index contributed by atoms with van der Waals surface area (Å²) in [6.07, 6.45) is 1.09. The van der Waals surface area contributed by atoms with E-state index in [-0.39, 0.29) is 5.82 Å². The third-order valence-electron chi connectivity index (χ3n) is 2.25. The van der Waals surface area contributed by atoms with Crippen molar-refractivity contribution in [2.75, 3.05) is 12.3 Å². The monoisotopic (exact) mass is 166 g/mol. The summed E-state index contributed by atoms with van der Waals surface area (Å²) in [5.41, 5.74) is 7.22. The number of nitrogens with two attached hydrogens (primary N) is 1. The zero-order valence-electron chi connectivity index (χ0n) is 6.68. The first kappa shape index (κ1) is 7.55. The van der Waals surface area contributed by atoms with E-state index < -0.39 is 0 Å². The van der Waals surface area contributed by atoms with Crippen molar-refractivity contribution in [2.45, 2.75) is 12.5 Å². The Morgan fingerprint density at radius 3 is 2.75 bits per heavy atom. The van der Waals surface area contributed by atoms with Crippen molar-refractivity contribution in [3.8, 4) is 0 Å². The van der Waals surface area contributed by atoms with Crippen molar-refractivity contribution in [1.82, 2.24) is 5.32 Å². The summed E-state index contributed by atoms with van der Waals surface area (Å²) in [4.78, 5) is 0. The lowest BCUT2D eigenvalue weighted by Crippen LogP contribution is -2.35. The summed E-state index contributed by atoms with van der Waals surface area (Å²) in [5.74, 6) is -0.268. The van der Waals surface area contributed by atoms with Crippen molar-refractivity contribution in [1.29, 1.82) is 0 Å². The fraction of sp³-hybridized carbons (Fsp3) is 0.333. The van der Waals surface area contributed by atoms with E-state index in [1.54, 1.807) is 6.07 Å². The smallest absolute Gasteiger partial charge is 0.125 e. The van der Waals surface area contributed by atoms with E-state index in [4.69, 9.17) is 5.73 Å². The normalized spacial score (nSPS) is 21.9. The van der Waals surface area contributed by atoms with Crippen LogP contribution < -0.4 is 11.1 Å². The molecule has 1 aromatic carbocycles. The van der Waals surface area contributed by atoms with E-state index >= 15 is 0 Å². The van der Waals surface area contributed by atoms with Gasteiger partial charge in [-0.3, -0.25) is 0 Å². The maximum atomic E-state index is 12.6. The SMILES string of the molecule is Nc1cc(F)ccc1[C@@H]1CCN1. The number of nitrogens with one attached hydrogen (secondary N) is 1. The molecule has 12 heavy (non-hydrogen) atoms. The second kappa shape index (κ2) is 2.75. The van der Waals surface area contributed by atoms with Crippen LogP contribution in [0.25, 0.3) is 0 Å². The molecule has 0 radical (unpaired) electrons. The molecule has 1 atom stereocenters. The summed E-state index contributed by atoms with van der Waals surface area (Å²) in [7, 11) is 0. The molecule has 0 aromatic heterocycles. The van der Waals surface area contributed by atoms with Gasteiger partial charge < -0.3 is 11.1 Å². The van der Waals surface area contributed by atoms with Crippen LogP contribution in [0.4, 0.5) is 10.1 Å². The molecule has 1 aromatic rings. The molecule has 3 heteroatoms. The van der Waals surface area contributed by atoms with Crippen LogP contribution in [0.15, 0.2) is 18.2 Å². The highest BCUT2D eigenvalue weighted by atomic mass is 19.1. The van der Waals surface area contributed by atoms with Crippen molar-refractivity contribution >= 4 is 5.69 Å². The average Bonchev–Trinajstić information content (AvgIpc) is 1.91. The fourth-order valence-corrected chi connectivity index (χ4v) is 1.42. The molecule has 0 spiro atoms. The van der Waals surface area contributed by atoms with Gasteiger partial charge in [-0.2, -0.15) is 0 Å². The first-order valence-electron chi connectivity index (χ1n) is 4.05. The van der Waals surface area contributed by atoms with Crippen molar-refractivity contribution in [3.05, 3.63) is 29.6 Å². The first-order chi connectivity index (χ1) is 5.77. The van der Waals surface area contributed by atoms with Gasteiger partial charge in [0.05, 0.1) is 0 Å². The molecule has 0 bridgehead atoms. The van der Waals surface area contributed by atoms with Gasteiger partial charge in [0.25, 0.3) is 0 Å². The van der Waals surface area contributed by atoms with Gasteiger partial charge >= 0.3 is 0 Å². The predicted molar refractivity (Wildman–Crippen MR) is 46.2 cm³/mol. The highest BCUT2D eigenvalue weighted by Gasteiger charge is 2.20. The Morgan fingerprint density at radius 1 is 1.50 bits per heavy atom. The van der Waals surface area contributed by atoms with E-state index in [1.165, 1.54) is 12.1 Å². The molecule has 64 valence electrons. The van der Waals surface area contributed by atoms with Gasteiger partial charge in [0.2, 0.25) is 0 Å². The number of benzene rings is 1. The molecule has 1 aliphatic rings. The lowest BCUT2D eigenvalue weighted by molar-refractivity contribution is 0.384. The summed E-state index contributed by atoms with van der Waals surface area (Å²) in [6, 6.07) is 4.91. The molecule has 0 aliphatic carbocycles. The summed E-state index contributed by atoms with van der Waals surface area (Å²) < 4.78 is 12.6. The molecule has 1 fully saturated rings. The van der Waals surface area contributed by atoms with E-state index in [0.717, 1.165) is 18.5 Å². The first-order valence-corrected chi connectivity index (χ1v) is 4.05. The van der Waals surface area contributed by atoms with Gasteiger partial charge in [0, 0.05) is 11.7 Å². The van der Waals surface area contributed by atoms with Crippen LogP contribution in [-0.2, 0) is 0 Å². The molecule has 0 saturated carbocycles. The van der Waals surface area contributed by atoms with Gasteiger partial charge in [0.1, 0.15) is 5.82 Å². The molecule has 0 unspecified atom stereocenters. The zero-order chi connectivity index (χ0) is 8.55. The quantitative estimate of drug-likeness (QED) is 0.619. The van der Waals surface area contributed by atoms with Gasteiger partial charge in [-0.1, -0.05) is 6.07 Å². The molecule has 3 N–H and O–H groups in total. The molecule has 2 nitrogen and oxygen atoms in total. The third kappa shape index (κ3) is 1.16. The van der Waals surface area contributed by atoms with Crippen LogP contribution in [0.1, 0.15) is 18.0 Å². The number of hydrogen-bond donors (Lipinski definition) is 2. The Morgan fingerprint density at radius 2 is 2.25 bits per heavy atom. The zero-order valence-corrected chi connectivity index (χ0v) is 6.68. The molecular formula is C9H11FN2. The number of anilines is 1. The second-order valence-electron chi connectivity index (χ2n) is 3.07. The fourth-order valence-electron chi connectivity index (χ4n) is 1.42. The average molecular weight is 166 g/mol.